The molecule has 0 aliphatic heterocycles. The number of hydrogen-bond donors (Lipinski definition) is 2. The van der Waals surface area contributed by atoms with E-state index in [0.717, 1.165) is 5.52 Å². The van der Waals surface area contributed by atoms with E-state index in [1.165, 1.54) is 23.0 Å². The van der Waals surface area contributed by atoms with Crippen LogP contribution in [-0.2, 0) is 7.05 Å². The third kappa shape index (κ3) is 1.69. The summed E-state index contributed by atoms with van der Waals surface area (Å²) in [6.45, 7) is 0. The van der Waals surface area contributed by atoms with Crippen LogP contribution in [0.3, 0.4) is 0 Å². The molecular weight excluding hydrogens is 249 g/mol. The Morgan fingerprint density at radius 3 is 3.00 bits per heavy atom. The van der Waals surface area contributed by atoms with Crippen molar-refractivity contribution in [1.29, 1.82) is 0 Å². The molecule has 0 bridgehead atoms. The Hall–Kier alpha value is -2.63. The van der Waals surface area contributed by atoms with Crippen LogP contribution in [-0.4, -0.2) is 25.8 Å². The van der Waals surface area contributed by atoms with Gasteiger partial charge in [0.05, 0.1) is 11.9 Å². The first-order chi connectivity index (χ1) is 9.08. The Labute approximate surface area is 107 Å². The van der Waals surface area contributed by atoms with E-state index in [9.17, 15) is 9.18 Å². The average Bonchev–Trinajstić information content (AvgIpc) is 2.92. The summed E-state index contributed by atoms with van der Waals surface area (Å²) in [7, 11) is 1.65. The van der Waals surface area contributed by atoms with Crippen LogP contribution in [0.15, 0.2) is 30.6 Å². The van der Waals surface area contributed by atoms with Gasteiger partial charge in [0, 0.05) is 29.7 Å². The molecule has 2 aromatic heterocycles. The van der Waals surface area contributed by atoms with Crippen molar-refractivity contribution in [3.63, 3.8) is 0 Å². The zero-order valence-electron chi connectivity index (χ0n) is 10.0. The van der Waals surface area contributed by atoms with Crippen LogP contribution in [0, 0.1) is 5.82 Å². The fourth-order valence-electron chi connectivity index (χ4n) is 2.20. The Balaban J connectivity index is 2.33. The monoisotopic (exact) mass is 259 g/mol. The molecule has 1 aromatic carbocycles. The Kier molecular flexibility index (Phi) is 2.38. The molecule has 0 spiro atoms. The minimum Gasteiger partial charge on any atom is -0.478 e. The van der Waals surface area contributed by atoms with Gasteiger partial charge >= 0.3 is 5.97 Å². The van der Waals surface area contributed by atoms with E-state index in [1.807, 2.05) is 0 Å². The van der Waals surface area contributed by atoms with Crippen molar-refractivity contribution in [3.8, 4) is 11.3 Å². The predicted molar refractivity (Wildman–Crippen MR) is 67.4 cm³/mol. The van der Waals surface area contributed by atoms with Crippen LogP contribution >= 0.6 is 0 Å². The number of nitrogens with zero attached hydrogens (tertiary/aromatic N) is 2. The Morgan fingerprint density at radius 2 is 2.26 bits per heavy atom. The first-order valence-corrected chi connectivity index (χ1v) is 5.60. The first kappa shape index (κ1) is 11.5. The van der Waals surface area contributed by atoms with Crippen LogP contribution in [0.25, 0.3) is 22.2 Å². The number of rotatable bonds is 2. The molecule has 3 aromatic rings. The molecule has 0 amide bonds. The maximum atomic E-state index is 13.3. The second-order valence-electron chi connectivity index (χ2n) is 4.23. The van der Waals surface area contributed by atoms with E-state index in [0.29, 0.717) is 16.6 Å². The number of benzene rings is 1. The average molecular weight is 259 g/mol. The van der Waals surface area contributed by atoms with E-state index in [2.05, 4.69) is 10.1 Å². The number of halogens is 1. The van der Waals surface area contributed by atoms with Crippen LogP contribution in [0.2, 0.25) is 0 Å². The third-order valence-electron chi connectivity index (χ3n) is 3.07. The summed E-state index contributed by atoms with van der Waals surface area (Å²) >= 11 is 0. The number of carbonyl (C=O) groups is 1. The van der Waals surface area contributed by atoms with Crippen molar-refractivity contribution in [2.45, 2.75) is 0 Å². The third-order valence-corrected chi connectivity index (χ3v) is 3.07. The molecule has 3 rings (SSSR count). The van der Waals surface area contributed by atoms with Gasteiger partial charge in [0.25, 0.3) is 0 Å². The number of nitrogens with one attached hydrogen (secondary N) is 1. The first-order valence-electron chi connectivity index (χ1n) is 5.60. The quantitative estimate of drug-likeness (QED) is 0.742. The lowest BCUT2D eigenvalue weighted by molar-refractivity contribution is 0.0697. The molecule has 0 unspecified atom stereocenters. The predicted octanol–water partition coefficient (Wildman–Crippen LogP) is 2.41. The maximum absolute atomic E-state index is 13.3. The maximum Gasteiger partial charge on any atom is 0.339 e. The van der Waals surface area contributed by atoms with Gasteiger partial charge in [-0.25, -0.2) is 9.18 Å². The van der Waals surface area contributed by atoms with Gasteiger partial charge in [0.2, 0.25) is 0 Å². The summed E-state index contributed by atoms with van der Waals surface area (Å²) in [5.41, 5.74) is 1.90. The SMILES string of the molecule is Cn1ncc(C(=O)O)c1-c1c[nH]c2ccc(F)cc12. The van der Waals surface area contributed by atoms with E-state index >= 15 is 0 Å². The fraction of sp³-hybridized carbons (Fsp3) is 0.0769. The highest BCUT2D eigenvalue weighted by atomic mass is 19.1. The van der Waals surface area contributed by atoms with Gasteiger partial charge in [-0.15, -0.1) is 0 Å². The smallest absolute Gasteiger partial charge is 0.339 e. The van der Waals surface area contributed by atoms with Gasteiger partial charge in [-0.1, -0.05) is 0 Å². The fourth-order valence-corrected chi connectivity index (χ4v) is 2.20. The molecule has 0 saturated heterocycles. The molecule has 0 radical (unpaired) electrons. The summed E-state index contributed by atoms with van der Waals surface area (Å²) < 4.78 is 14.8. The molecule has 96 valence electrons. The highest BCUT2D eigenvalue weighted by Crippen LogP contribution is 2.31. The molecule has 0 fully saturated rings. The van der Waals surface area contributed by atoms with Crippen molar-refractivity contribution >= 4 is 16.9 Å². The molecule has 0 atom stereocenters. The summed E-state index contributed by atoms with van der Waals surface area (Å²) in [4.78, 5) is 14.2. The number of aromatic carboxylic acids is 1. The molecule has 0 aliphatic carbocycles. The van der Waals surface area contributed by atoms with Crippen molar-refractivity contribution in [2.75, 3.05) is 0 Å². The number of aryl methyl sites for hydroxylation is 1. The van der Waals surface area contributed by atoms with Gasteiger partial charge < -0.3 is 10.1 Å². The number of hydrogen-bond acceptors (Lipinski definition) is 2. The van der Waals surface area contributed by atoms with Gasteiger partial charge in [0.1, 0.15) is 11.4 Å². The highest BCUT2D eigenvalue weighted by molar-refractivity contribution is 6.02. The van der Waals surface area contributed by atoms with Gasteiger partial charge in [-0.2, -0.15) is 5.10 Å². The number of H-pyrrole nitrogens is 1. The lowest BCUT2D eigenvalue weighted by Crippen LogP contribution is -2.00. The number of aromatic nitrogens is 3. The molecule has 6 heteroatoms. The molecule has 19 heavy (non-hydrogen) atoms. The largest absolute Gasteiger partial charge is 0.478 e. The second-order valence-corrected chi connectivity index (χ2v) is 4.23. The van der Waals surface area contributed by atoms with Crippen molar-refractivity contribution in [2.24, 2.45) is 7.05 Å². The zero-order chi connectivity index (χ0) is 13.6. The Bertz CT molecular complexity index is 788. The van der Waals surface area contributed by atoms with E-state index in [1.54, 1.807) is 19.3 Å². The van der Waals surface area contributed by atoms with Crippen molar-refractivity contribution in [1.82, 2.24) is 14.8 Å². The summed E-state index contributed by atoms with van der Waals surface area (Å²) in [6, 6.07) is 4.34. The van der Waals surface area contributed by atoms with Crippen LogP contribution in [0.1, 0.15) is 10.4 Å². The van der Waals surface area contributed by atoms with Gasteiger partial charge in [-0.3, -0.25) is 4.68 Å². The second kappa shape index (κ2) is 3.94. The molecular formula is C13H10FN3O2. The topological polar surface area (TPSA) is 70.9 Å². The highest BCUT2D eigenvalue weighted by Gasteiger charge is 2.19. The van der Waals surface area contributed by atoms with Crippen molar-refractivity contribution in [3.05, 3.63) is 42.0 Å². The molecule has 2 N–H and O–H groups in total. The van der Waals surface area contributed by atoms with Crippen LogP contribution in [0.4, 0.5) is 4.39 Å². The van der Waals surface area contributed by atoms with E-state index < -0.39 is 5.97 Å². The number of carboxylic acids is 1. The molecule has 0 aliphatic rings. The zero-order valence-corrected chi connectivity index (χ0v) is 10.0. The number of fused-ring (bicyclic) bond motifs is 1. The molecule has 2 heterocycles. The van der Waals surface area contributed by atoms with E-state index in [4.69, 9.17) is 5.11 Å². The Morgan fingerprint density at radius 1 is 1.47 bits per heavy atom. The van der Waals surface area contributed by atoms with Crippen LogP contribution in [0.5, 0.6) is 0 Å². The van der Waals surface area contributed by atoms with Gasteiger partial charge in [0.15, 0.2) is 0 Å². The minimum absolute atomic E-state index is 0.0904. The summed E-state index contributed by atoms with van der Waals surface area (Å²) in [6.07, 6.45) is 2.95. The van der Waals surface area contributed by atoms with E-state index in [-0.39, 0.29) is 11.4 Å². The lowest BCUT2D eigenvalue weighted by atomic mass is 10.1. The number of aromatic amines is 1. The summed E-state index contributed by atoms with van der Waals surface area (Å²) in [5, 5.41) is 13.7. The molecule has 0 saturated carbocycles. The standard InChI is InChI=1S/C13H10FN3O2/c1-17-12(10(6-16-17)13(18)19)9-5-15-11-3-2-7(14)4-8(9)11/h2-6,15H,1H3,(H,18,19). The number of carboxylic acid groups (broad SMARTS) is 1. The normalized spacial score (nSPS) is 11.1. The van der Waals surface area contributed by atoms with Gasteiger partial charge in [-0.05, 0) is 18.2 Å². The van der Waals surface area contributed by atoms with Crippen molar-refractivity contribution < 1.29 is 14.3 Å². The minimum atomic E-state index is -1.06. The van der Waals surface area contributed by atoms with Crippen LogP contribution < -0.4 is 0 Å². The lowest BCUT2D eigenvalue weighted by Gasteiger charge is -2.02. The summed E-state index contributed by atoms with van der Waals surface area (Å²) in [5.74, 6) is -1.43. The molecule has 5 nitrogen and oxygen atoms in total.